The maximum Gasteiger partial charge on any atom is 0.416 e. The van der Waals surface area contributed by atoms with Crippen LogP contribution in [0.15, 0.2) is 24.3 Å². The summed E-state index contributed by atoms with van der Waals surface area (Å²) in [5.41, 5.74) is 5.28. The number of alkyl halides is 3. The van der Waals surface area contributed by atoms with Crippen molar-refractivity contribution < 1.29 is 22.7 Å². The van der Waals surface area contributed by atoms with E-state index in [1.165, 1.54) is 19.2 Å². The molecule has 0 heterocycles. The third-order valence-electron chi connectivity index (χ3n) is 2.42. The lowest BCUT2D eigenvalue weighted by Gasteiger charge is -2.10. The lowest BCUT2D eigenvalue weighted by Crippen LogP contribution is -2.35. The maximum absolute atomic E-state index is 12.3. The number of benzene rings is 1. The van der Waals surface area contributed by atoms with Crippen molar-refractivity contribution in [2.24, 2.45) is 5.73 Å². The Labute approximate surface area is 103 Å². The molecule has 0 aliphatic rings. The number of methoxy groups -OCH3 is 1. The first-order valence-corrected chi connectivity index (χ1v) is 5.28. The molecule has 1 aromatic rings. The van der Waals surface area contributed by atoms with E-state index in [2.05, 4.69) is 0 Å². The highest BCUT2D eigenvalue weighted by Gasteiger charge is 2.30. The van der Waals surface area contributed by atoms with Gasteiger partial charge in [0.25, 0.3) is 0 Å². The molecule has 1 atom stereocenters. The van der Waals surface area contributed by atoms with E-state index in [0.29, 0.717) is 5.56 Å². The van der Waals surface area contributed by atoms with Crippen LogP contribution in [0.4, 0.5) is 13.2 Å². The first-order valence-electron chi connectivity index (χ1n) is 5.28. The molecular formula is C12H14F3NO2. The third kappa shape index (κ3) is 4.12. The van der Waals surface area contributed by atoms with Gasteiger partial charge < -0.3 is 10.5 Å². The normalized spacial score (nSPS) is 13.4. The molecule has 0 amide bonds. The zero-order chi connectivity index (χ0) is 13.8. The van der Waals surface area contributed by atoms with Crippen molar-refractivity contribution in [1.82, 2.24) is 0 Å². The Kier molecular flexibility index (Phi) is 4.86. The molecule has 100 valence electrons. The van der Waals surface area contributed by atoms with Gasteiger partial charge in [-0.25, -0.2) is 0 Å². The van der Waals surface area contributed by atoms with Crippen LogP contribution in [0.2, 0.25) is 0 Å². The molecule has 1 unspecified atom stereocenters. The molecule has 1 rings (SSSR count). The molecule has 0 radical (unpaired) electrons. The fraction of sp³-hybridized carbons (Fsp3) is 0.417. The van der Waals surface area contributed by atoms with Crippen molar-refractivity contribution >= 4 is 5.78 Å². The predicted molar refractivity (Wildman–Crippen MR) is 60.0 cm³/mol. The summed E-state index contributed by atoms with van der Waals surface area (Å²) in [7, 11) is 1.42. The summed E-state index contributed by atoms with van der Waals surface area (Å²) >= 11 is 0. The number of rotatable bonds is 5. The minimum Gasteiger partial charge on any atom is -0.383 e. The van der Waals surface area contributed by atoms with E-state index in [1.54, 1.807) is 0 Å². The zero-order valence-corrected chi connectivity index (χ0v) is 9.83. The molecule has 0 aromatic heterocycles. The molecule has 0 fully saturated rings. The van der Waals surface area contributed by atoms with Gasteiger partial charge >= 0.3 is 6.18 Å². The summed E-state index contributed by atoms with van der Waals surface area (Å²) in [5.74, 6) is -0.267. The second-order valence-corrected chi connectivity index (χ2v) is 3.90. The molecule has 0 aliphatic heterocycles. The number of hydrogen-bond acceptors (Lipinski definition) is 3. The van der Waals surface area contributed by atoms with Crippen LogP contribution in [-0.4, -0.2) is 25.5 Å². The summed E-state index contributed by atoms with van der Waals surface area (Å²) in [6.07, 6.45) is -4.36. The minimum absolute atomic E-state index is 0.00264. The third-order valence-corrected chi connectivity index (χ3v) is 2.42. The Bertz CT molecular complexity index is 401. The quantitative estimate of drug-likeness (QED) is 0.879. The first-order chi connectivity index (χ1) is 8.34. The van der Waals surface area contributed by atoms with Gasteiger partial charge in [0.1, 0.15) is 0 Å². The van der Waals surface area contributed by atoms with E-state index in [-0.39, 0.29) is 18.8 Å². The van der Waals surface area contributed by atoms with Crippen molar-refractivity contribution in [3.63, 3.8) is 0 Å². The Morgan fingerprint density at radius 1 is 1.33 bits per heavy atom. The molecule has 6 heteroatoms. The standard InChI is InChI=1S/C12H14F3NO2/c1-18-7-10(16)11(17)6-8-2-4-9(5-3-8)12(13,14)15/h2-5,10H,6-7,16H2,1H3. The van der Waals surface area contributed by atoms with Crippen molar-refractivity contribution in [3.05, 3.63) is 35.4 Å². The van der Waals surface area contributed by atoms with E-state index < -0.39 is 17.8 Å². The molecule has 0 saturated carbocycles. The number of carbonyl (C=O) groups is 1. The first kappa shape index (κ1) is 14.7. The van der Waals surface area contributed by atoms with Crippen LogP contribution in [0, 0.1) is 0 Å². The summed E-state index contributed by atoms with van der Waals surface area (Å²) in [4.78, 5) is 11.6. The minimum atomic E-state index is -4.37. The van der Waals surface area contributed by atoms with Gasteiger partial charge in [0, 0.05) is 13.5 Å². The molecule has 2 N–H and O–H groups in total. The second kappa shape index (κ2) is 5.97. The number of hydrogen-bond donors (Lipinski definition) is 1. The van der Waals surface area contributed by atoms with Crippen LogP contribution in [0.3, 0.4) is 0 Å². The van der Waals surface area contributed by atoms with Gasteiger partial charge in [-0.2, -0.15) is 13.2 Å². The van der Waals surface area contributed by atoms with Crippen LogP contribution >= 0.6 is 0 Å². The lowest BCUT2D eigenvalue weighted by molar-refractivity contribution is -0.137. The Morgan fingerprint density at radius 3 is 2.33 bits per heavy atom. The van der Waals surface area contributed by atoms with E-state index >= 15 is 0 Å². The van der Waals surface area contributed by atoms with E-state index in [4.69, 9.17) is 10.5 Å². The highest BCUT2D eigenvalue weighted by atomic mass is 19.4. The van der Waals surface area contributed by atoms with Crippen LogP contribution in [-0.2, 0) is 22.1 Å². The molecular weight excluding hydrogens is 247 g/mol. The summed E-state index contributed by atoms with van der Waals surface area (Å²) in [5, 5.41) is 0. The number of halogens is 3. The van der Waals surface area contributed by atoms with Gasteiger partial charge in [-0.1, -0.05) is 12.1 Å². The molecule has 0 bridgehead atoms. The zero-order valence-electron chi connectivity index (χ0n) is 9.83. The Morgan fingerprint density at radius 2 is 1.89 bits per heavy atom. The van der Waals surface area contributed by atoms with E-state index in [0.717, 1.165) is 12.1 Å². The molecule has 3 nitrogen and oxygen atoms in total. The highest BCUT2D eigenvalue weighted by Crippen LogP contribution is 2.29. The highest BCUT2D eigenvalue weighted by molar-refractivity contribution is 5.86. The van der Waals surface area contributed by atoms with E-state index in [1.807, 2.05) is 0 Å². The van der Waals surface area contributed by atoms with Gasteiger partial charge in [0.05, 0.1) is 18.2 Å². The molecule has 0 spiro atoms. The number of ketones is 1. The predicted octanol–water partition coefficient (Wildman–Crippen LogP) is 1.79. The van der Waals surface area contributed by atoms with Gasteiger partial charge in [-0.15, -0.1) is 0 Å². The van der Waals surface area contributed by atoms with Crippen LogP contribution in [0.1, 0.15) is 11.1 Å². The maximum atomic E-state index is 12.3. The lowest BCUT2D eigenvalue weighted by atomic mass is 10.0. The van der Waals surface area contributed by atoms with Crippen LogP contribution in [0.25, 0.3) is 0 Å². The summed E-state index contributed by atoms with van der Waals surface area (Å²) in [6, 6.07) is 3.70. The van der Waals surface area contributed by atoms with Gasteiger partial charge in [-0.05, 0) is 17.7 Å². The smallest absolute Gasteiger partial charge is 0.383 e. The number of carbonyl (C=O) groups excluding carboxylic acids is 1. The fourth-order valence-corrected chi connectivity index (χ4v) is 1.42. The average molecular weight is 261 g/mol. The molecule has 0 saturated heterocycles. The van der Waals surface area contributed by atoms with Crippen LogP contribution in [0.5, 0.6) is 0 Å². The summed E-state index contributed by atoms with van der Waals surface area (Å²) < 4.78 is 41.7. The van der Waals surface area contributed by atoms with Gasteiger partial charge in [-0.3, -0.25) is 4.79 Å². The summed E-state index contributed by atoms with van der Waals surface area (Å²) in [6.45, 7) is 0.0967. The van der Waals surface area contributed by atoms with E-state index in [9.17, 15) is 18.0 Å². The monoisotopic (exact) mass is 261 g/mol. The van der Waals surface area contributed by atoms with Crippen molar-refractivity contribution in [1.29, 1.82) is 0 Å². The topological polar surface area (TPSA) is 52.3 Å². The van der Waals surface area contributed by atoms with Crippen molar-refractivity contribution in [3.8, 4) is 0 Å². The molecule has 0 aliphatic carbocycles. The Hall–Kier alpha value is -1.40. The average Bonchev–Trinajstić information content (AvgIpc) is 2.28. The van der Waals surface area contributed by atoms with Gasteiger partial charge in [0.2, 0.25) is 0 Å². The molecule has 18 heavy (non-hydrogen) atoms. The number of Topliss-reactive ketones (excluding diaryl/α,β-unsaturated/α-hetero) is 1. The van der Waals surface area contributed by atoms with Crippen molar-refractivity contribution in [2.45, 2.75) is 18.6 Å². The number of ether oxygens (including phenoxy) is 1. The molecule has 1 aromatic carbocycles. The largest absolute Gasteiger partial charge is 0.416 e. The van der Waals surface area contributed by atoms with Gasteiger partial charge in [0.15, 0.2) is 5.78 Å². The Balaban J connectivity index is 2.67. The SMILES string of the molecule is COCC(N)C(=O)Cc1ccc(C(F)(F)F)cc1. The van der Waals surface area contributed by atoms with Crippen LogP contribution < -0.4 is 5.73 Å². The fourth-order valence-electron chi connectivity index (χ4n) is 1.42. The van der Waals surface area contributed by atoms with Crippen molar-refractivity contribution in [2.75, 3.05) is 13.7 Å². The number of nitrogens with two attached hydrogens (primary N) is 1. The second-order valence-electron chi connectivity index (χ2n) is 3.90.